The Labute approximate surface area is 167 Å². The molecule has 28 heavy (non-hydrogen) atoms. The summed E-state index contributed by atoms with van der Waals surface area (Å²) in [5.74, 6) is -0.501. The summed E-state index contributed by atoms with van der Waals surface area (Å²) in [6, 6.07) is 10.6. The van der Waals surface area contributed by atoms with Crippen molar-refractivity contribution in [1.29, 1.82) is 0 Å². The van der Waals surface area contributed by atoms with Gasteiger partial charge in [0, 0.05) is 24.3 Å². The topological polar surface area (TPSA) is 67.9 Å². The first-order valence-corrected chi connectivity index (χ1v) is 9.25. The molecule has 1 aliphatic rings. The lowest BCUT2D eigenvalue weighted by atomic mass is 10.1. The van der Waals surface area contributed by atoms with Crippen molar-refractivity contribution in [2.45, 2.75) is 6.42 Å². The van der Waals surface area contributed by atoms with E-state index in [1.807, 2.05) is 0 Å². The summed E-state index contributed by atoms with van der Waals surface area (Å²) in [5, 5.41) is 2.89. The zero-order chi connectivity index (χ0) is 19.9. The monoisotopic (exact) mass is 406 g/mol. The molecule has 0 saturated carbocycles. The molecule has 0 spiro atoms. The minimum atomic E-state index is -0.457. The van der Waals surface area contributed by atoms with Gasteiger partial charge >= 0.3 is 0 Å². The summed E-state index contributed by atoms with van der Waals surface area (Å²) >= 11 is 5.88. The van der Waals surface area contributed by atoms with Crippen molar-refractivity contribution in [2.75, 3.05) is 38.2 Å². The van der Waals surface area contributed by atoms with Crippen LogP contribution >= 0.6 is 11.6 Å². The van der Waals surface area contributed by atoms with E-state index in [0.29, 0.717) is 43.3 Å². The molecule has 2 amide bonds. The molecule has 1 saturated heterocycles. The predicted molar refractivity (Wildman–Crippen MR) is 103 cm³/mol. The van der Waals surface area contributed by atoms with E-state index in [-0.39, 0.29) is 29.9 Å². The van der Waals surface area contributed by atoms with E-state index in [0.717, 1.165) is 6.07 Å². The number of morpholine rings is 1. The van der Waals surface area contributed by atoms with Crippen molar-refractivity contribution in [3.63, 3.8) is 0 Å². The zero-order valence-electron chi connectivity index (χ0n) is 15.1. The van der Waals surface area contributed by atoms with Crippen LogP contribution in [0.4, 0.5) is 10.1 Å². The maximum absolute atomic E-state index is 13.0. The van der Waals surface area contributed by atoms with Crippen LogP contribution in [0.3, 0.4) is 0 Å². The first-order valence-electron chi connectivity index (χ1n) is 8.88. The number of benzene rings is 2. The number of carbonyl (C=O) groups is 2. The van der Waals surface area contributed by atoms with Crippen LogP contribution in [0.15, 0.2) is 42.5 Å². The number of hydrogen-bond acceptors (Lipinski definition) is 4. The molecular weight excluding hydrogens is 387 g/mol. The number of anilines is 1. The molecule has 148 valence electrons. The van der Waals surface area contributed by atoms with Crippen LogP contribution < -0.4 is 10.1 Å². The standard InChI is InChI=1S/C20H20ClFN2O4/c21-17-13-15(22)4-5-18(17)28-9-6-19(25)23-16-3-1-2-14(12-16)20(26)24-7-10-27-11-8-24/h1-5,12-13H,6-11H2,(H,23,25). The summed E-state index contributed by atoms with van der Waals surface area (Å²) in [7, 11) is 0. The molecule has 2 aromatic rings. The highest BCUT2D eigenvalue weighted by Gasteiger charge is 2.18. The number of nitrogens with zero attached hydrogens (tertiary/aromatic N) is 1. The van der Waals surface area contributed by atoms with Gasteiger partial charge in [-0.3, -0.25) is 9.59 Å². The van der Waals surface area contributed by atoms with Gasteiger partial charge < -0.3 is 19.7 Å². The molecule has 8 heteroatoms. The fraction of sp³-hybridized carbons (Fsp3) is 0.300. The van der Waals surface area contributed by atoms with Crippen LogP contribution in [0.25, 0.3) is 0 Å². The Balaban J connectivity index is 1.51. The Hall–Kier alpha value is -2.64. The summed E-state index contributed by atoms with van der Waals surface area (Å²) in [4.78, 5) is 26.4. The van der Waals surface area contributed by atoms with Crippen LogP contribution in [-0.2, 0) is 9.53 Å². The number of nitrogens with one attached hydrogen (secondary N) is 1. The number of rotatable bonds is 6. The molecule has 1 aliphatic heterocycles. The minimum absolute atomic E-state index is 0.0787. The van der Waals surface area contributed by atoms with Crippen LogP contribution in [0.1, 0.15) is 16.8 Å². The SMILES string of the molecule is O=C(CCOc1ccc(F)cc1Cl)Nc1cccc(C(=O)N2CCOCC2)c1. The maximum Gasteiger partial charge on any atom is 0.254 e. The van der Waals surface area contributed by atoms with Crippen LogP contribution in [0.5, 0.6) is 5.75 Å². The van der Waals surface area contributed by atoms with Gasteiger partial charge in [0.25, 0.3) is 5.91 Å². The van der Waals surface area contributed by atoms with E-state index in [9.17, 15) is 14.0 Å². The molecule has 0 bridgehead atoms. The summed E-state index contributed by atoms with van der Waals surface area (Å²) < 4.78 is 23.7. The molecule has 0 unspecified atom stereocenters. The molecule has 1 N–H and O–H groups in total. The van der Waals surface area contributed by atoms with Gasteiger partial charge in [0.15, 0.2) is 0 Å². The highest BCUT2D eigenvalue weighted by atomic mass is 35.5. The second-order valence-corrected chi connectivity index (χ2v) is 6.61. The Morgan fingerprint density at radius 3 is 2.71 bits per heavy atom. The summed E-state index contributed by atoms with van der Waals surface area (Å²) in [6.45, 7) is 2.25. The second-order valence-electron chi connectivity index (χ2n) is 6.21. The quantitative estimate of drug-likeness (QED) is 0.798. The smallest absolute Gasteiger partial charge is 0.254 e. The first kappa shape index (κ1) is 20.1. The van der Waals surface area contributed by atoms with Crippen molar-refractivity contribution in [2.24, 2.45) is 0 Å². The van der Waals surface area contributed by atoms with Gasteiger partial charge in [0.05, 0.1) is 31.3 Å². The lowest BCUT2D eigenvalue weighted by molar-refractivity contribution is -0.116. The number of hydrogen-bond donors (Lipinski definition) is 1. The van der Waals surface area contributed by atoms with Crippen LogP contribution in [-0.4, -0.2) is 49.6 Å². The van der Waals surface area contributed by atoms with Gasteiger partial charge in [-0.05, 0) is 36.4 Å². The van der Waals surface area contributed by atoms with E-state index >= 15 is 0 Å². The maximum atomic E-state index is 13.0. The third kappa shape index (κ3) is 5.43. The summed E-state index contributed by atoms with van der Waals surface area (Å²) in [6.07, 6.45) is 0.0787. The van der Waals surface area contributed by atoms with Crippen molar-refractivity contribution in [3.05, 3.63) is 58.9 Å². The largest absolute Gasteiger partial charge is 0.491 e. The predicted octanol–water partition coefficient (Wildman–Crippen LogP) is 3.36. The third-order valence-electron chi connectivity index (χ3n) is 4.17. The van der Waals surface area contributed by atoms with Gasteiger partial charge in [-0.15, -0.1) is 0 Å². The molecule has 0 atom stereocenters. The molecule has 0 aliphatic carbocycles. The van der Waals surface area contributed by atoms with Gasteiger partial charge in [0.1, 0.15) is 11.6 Å². The highest BCUT2D eigenvalue weighted by molar-refractivity contribution is 6.32. The first-order chi connectivity index (χ1) is 13.5. The van der Waals surface area contributed by atoms with E-state index in [4.69, 9.17) is 21.1 Å². The molecule has 1 fully saturated rings. The molecule has 6 nitrogen and oxygen atoms in total. The average Bonchev–Trinajstić information content (AvgIpc) is 2.70. The van der Waals surface area contributed by atoms with E-state index in [1.54, 1.807) is 29.2 Å². The molecule has 1 heterocycles. The Morgan fingerprint density at radius 2 is 1.96 bits per heavy atom. The van der Waals surface area contributed by atoms with Gasteiger partial charge in [0.2, 0.25) is 5.91 Å². The van der Waals surface area contributed by atoms with Crippen molar-refractivity contribution >= 4 is 29.1 Å². The Bertz CT molecular complexity index is 856. The Morgan fingerprint density at radius 1 is 1.18 bits per heavy atom. The molecular formula is C20H20ClFN2O4. The van der Waals surface area contributed by atoms with Crippen molar-refractivity contribution in [1.82, 2.24) is 4.90 Å². The highest BCUT2D eigenvalue weighted by Crippen LogP contribution is 2.25. The van der Waals surface area contributed by atoms with Gasteiger partial charge in [-0.1, -0.05) is 17.7 Å². The van der Waals surface area contributed by atoms with Gasteiger partial charge in [-0.2, -0.15) is 0 Å². The van der Waals surface area contributed by atoms with Crippen molar-refractivity contribution < 1.29 is 23.5 Å². The third-order valence-corrected chi connectivity index (χ3v) is 4.47. The van der Waals surface area contributed by atoms with Crippen LogP contribution in [0.2, 0.25) is 5.02 Å². The fourth-order valence-corrected chi connectivity index (χ4v) is 2.97. The lowest BCUT2D eigenvalue weighted by Crippen LogP contribution is -2.40. The average molecular weight is 407 g/mol. The Kier molecular flexibility index (Phi) is 6.84. The normalized spacial score (nSPS) is 13.9. The number of ether oxygens (including phenoxy) is 2. The van der Waals surface area contributed by atoms with Crippen LogP contribution in [0, 0.1) is 5.82 Å². The second kappa shape index (κ2) is 9.52. The minimum Gasteiger partial charge on any atom is -0.491 e. The molecule has 0 radical (unpaired) electrons. The van der Waals surface area contributed by atoms with Crippen molar-refractivity contribution in [3.8, 4) is 5.75 Å². The zero-order valence-corrected chi connectivity index (χ0v) is 15.9. The van der Waals surface area contributed by atoms with E-state index in [2.05, 4.69) is 5.32 Å². The number of amides is 2. The summed E-state index contributed by atoms with van der Waals surface area (Å²) in [5.41, 5.74) is 1.04. The number of carbonyl (C=O) groups excluding carboxylic acids is 2. The fourth-order valence-electron chi connectivity index (χ4n) is 2.75. The molecule has 0 aromatic heterocycles. The van der Waals surface area contributed by atoms with Gasteiger partial charge in [-0.25, -0.2) is 4.39 Å². The number of halogens is 2. The molecule has 2 aromatic carbocycles. The van der Waals surface area contributed by atoms with E-state index < -0.39 is 5.82 Å². The molecule has 3 rings (SSSR count). The van der Waals surface area contributed by atoms with E-state index in [1.165, 1.54) is 12.1 Å². The lowest BCUT2D eigenvalue weighted by Gasteiger charge is -2.27.